The van der Waals surface area contributed by atoms with Gasteiger partial charge in [0.2, 0.25) is 5.78 Å². The molecular weight excluding hydrogens is 245 g/mol. The number of aliphatic hydroxyl groups excluding tert-OH is 1. The van der Waals surface area contributed by atoms with Gasteiger partial charge in [-0.2, -0.15) is 0 Å². The second kappa shape index (κ2) is 3.14. The highest BCUT2D eigenvalue weighted by Crippen LogP contribution is 2.07. The van der Waals surface area contributed by atoms with Crippen molar-refractivity contribution in [2.75, 3.05) is 4.43 Å². The number of allylic oxidation sites excluding steroid dienone is 1. The van der Waals surface area contributed by atoms with Crippen LogP contribution in [0.1, 0.15) is 6.42 Å². The van der Waals surface area contributed by atoms with Crippen molar-refractivity contribution in [1.82, 2.24) is 0 Å². The van der Waals surface area contributed by atoms with Crippen molar-refractivity contribution in [3.8, 4) is 0 Å². The number of Topliss-reactive ketones (excluding diaryl/α,β-unsaturated/α-hetero) is 1. The Morgan fingerprint density at radius 1 is 1.80 bits per heavy atom. The van der Waals surface area contributed by atoms with Crippen molar-refractivity contribution in [3.63, 3.8) is 0 Å². The van der Waals surface area contributed by atoms with Crippen molar-refractivity contribution in [2.24, 2.45) is 4.99 Å². The molecule has 0 amide bonds. The molecular formula is C6H6INO2. The zero-order chi connectivity index (χ0) is 7.56. The summed E-state index contributed by atoms with van der Waals surface area (Å²) in [7, 11) is 0. The van der Waals surface area contributed by atoms with Crippen LogP contribution in [0.3, 0.4) is 0 Å². The molecule has 4 heteroatoms. The van der Waals surface area contributed by atoms with E-state index in [-0.39, 0.29) is 18.0 Å². The van der Waals surface area contributed by atoms with Crippen LogP contribution in [0.4, 0.5) is 0 Å². The first-order valence-electron chi connectivity index (χ1n) is 2.78. The van der Waals surface area contributed by atoms with Crippen LogP contribution in [0.2, 0.25) is 0 Å². The van der Waals surface area contributed by atoms with Crippen LogP contribution in [0.25, 0.3) is 0 Å². The SMILES string of the molecule is O=C1CC(CI)=NC=C1O. The Morgan fingerprint density at radius 3 is 3.00 bits per heavy atom. The van der Waals surface area contributed by atoms with Crippen LogP contribution >= 0.6 is 22.6 Å². The molecule has 10 heavy (non-hydrogen) atoms. The largest absolute Gasteiger partial charge is 0.503 e. The van der Waals surface area contributed by atoms with Gasteiger partial charge < -0.3 is 5.11 Å². The molecule has 1 aliphatic rings. The van der Waals surface area contributed by atoms with Gasteiger partial charge in [0.1, 0.15) is 0 Å². The zero-order valence-corrected chi connectivity index (χ0v) is 7.33. The quantitative estimate of drug-likeness (QED) is 0.563. The van der Waals surface area contributed by atoms with Gasteiger partial charge in [0.15, 0.2) is 5.76 Å². The van der Waals surface area contributed by atoms with Gasteiger partial charge in [0.05, 0.1) is 12.6 Å². The molecule has 0 aromatic carbocycles. The number of halogens is 1. The van der Waals surface area contributed by atoms with Gasteiger partial charge in [-0.1, -0.05) is 22.6 Å². The number of carbonyl (C=O) groups is 1. The van der Waals surface area contributed by atoms with Gasteiger partial charge in [-0.15, -0.1) is 0 Å². The summed E-state index contributed by atoms with van der Waals surface area (Å²) in [5.41, 5.74) is 0.823. The summed E-state index contributed by atoms with van der Waals surface area (Å²) in [6, 6.07) is 0. The van der Waals surface area contributed by atoms with Crippen LogP contribution in [0.5, 0.6) is 0 Å². The zero-order valence-electron chi connectivity index (χ0n) is 5.17. The Kier molecular flexibility index (Phi) is 2.42. The molecule has 1 rings (SSSR count). The van der Waals surface area contributed by atoms with E-state index in [1.54, 1.807) is 0 Å². The molecule has 0 spiro atoms. The maximum absolute atomic E-state index is 10.8. The lowest BCUT2D eigenvalue weighted by Gasteiger charge is -2.04. The third kappa shape index (κ3) is 1.56. The van der Waals surface area contributed by atoms with E-state index in [9.17, 15) is 4.79 Å². The Bertz CT molecular complexity index is 220. The third-order valence-electron chi connectivity index (χ3n) is 1.17. The third-order valence-corrected chi connectivity index (χ3v) is 2.05. The molecule has 0 atom stereocenters. The monoisotopic (exact) mass is 251 g/mol. The summed E-state index contributed by atoms with van der Waals surface area (Å²) in [5, 5.41) is 8.79. The molecule has 0 saturated heterocycles. The van der Waals surface area contributed by atoms with Gasteiger partial charge in [0, 0.05) is 10.1 Å². The molecule has 0 radical (unpaired) electrons. The Labute approximate surface area is 72.0 Å². The van der Waals surface area contributed by atoms with Crippen LogP contribution in [-0.4, -0.2) is 21.0 Å². The minimum absolute atomic E-state index is 0.228. The maximum atomic E-state index is 10.8. The summed E-state index contributed by atoms with van der Waals surface area (Å²) in [4.78, 5) is 14.6. The summed E-state index contributed by atoms with van der Waals surface area (Å²) < 4.78 is 0.743. The minimum atomic E-state index is -0.235. The lowest BCUT2D eigenvalue weighted by molar-refractivity contribution is -0.116. The first kappa shape index (κ1) is 7.71. The van der Waals surface area contributed by atoms with E-state index in [1.807, 2.05) is 0 Å². The number of rotatable bonds is 1. The first-order chi connectivity index (χ1) is 4.74. The maximum Gasteiger partial charge on any atom is 0.204 e. The summed E-state index contributed by atoms with van der Waals surface area (Å²) in [5.74, 6) is -0.463. The molecule has 0 aromatic rings. The van der Waals surface area contributed by atoms with Crippen LogP contribution in [0.15, 0.2) is 17.0 Å². The molecule has 0 unspecified atom stereocenters. The van der Waals surface area contributed by atoms with E-state index in [0.29, 0.717) is 0 Å². The normalized spacial score (nSPS) is 18.3. The van der Waals surface area contributed by atoms with E-state index in [2.05, 4.69) is 27.6 Å². The van der Waals surface area contributed by atoms with Crippen molar-refractivity contribution in [2.45, 2.75) is 6.42 Å². The van der Waals surface area contributed by atoms with E-state index in [1.165, 1.54) is 6.20 Å². The average Bonchev–Trinajstić information content (AvgIpc) is 1.95. The average molecular weight is 251 g/mol. The predicted molar refractivity (Wildman–Crippen MR) is 46.7 cm³/mol. The number of aliphatic imine (C=N–C) groups is 1. The standard InChI is InChI=1S/C6H6INO2/c7-2-4-1-5(9)6(10)3-8-4/h3,10H,1-2H2. The summed E-state index contributed by atoms with van der Waals surface area (Å²) in [6.45, 7) is 0. The molecule has 0 bridgehead atoms. The topological polar surface area (TPSA) is 49.7 Å². The molecule has 0 aromatic heterocycles. The van der Waals surface area contributed by atoms with Crippen LogP contribution in [-0.2, 0) is 4.79 Å². The van der Waals surface area contributed by atoms with Gasteiger partial charge in [0.25, 0.3) is 0 Å². The lowest BCUT2D eigenvalue weighted by atomic mass is 10.1. The number of hydrogen-bond acceptors (Lipinski definition) is 3. The highest BCUT2D eigenvalue weighted by atomic mass is 127. The van der Waals surface area contributed by atoms with Gasteiger partial charge in [-0.25, -0.2) is 0 Å². The fourth-order valence-corrected chi connectivity index (χ4v) is 1.09. The summed E-state index contributed by atoms with van der Waals surface area (Å²) >= 11 is 2.13. The number of carbonyl (C=O) groups excluding carboxylic acids is 1. The molecule has 0 fully saturated rings. The number of aliphatic hydroxyl groups is 1. The first-order valence-corrected chi connectivity index (χ1v) is 4.30. The molecule has 0 saturated carbocycles. The summed E-state index contributed by atoms with van der Waals surface area (Å²) in [6.07, 6.45) is 1.48. The van der Waals surface area contributed by atoms with Crippen molar-refractivity contribution >= 4 is 34.1 Å². The lowest BCUT2D eigenvalue weighted by Crippen LogP contribution is -2.14. The van der Waals surface area contributed by atoms with E-state index in [0.717, 1.165) is 10.1 Å². The molecule has 1 N–H and O–H groups in total. The highest BCUT2D eigenvalue weighted by molar-refractivity contribution is 14.1. The number of hydrogen-bond donors (Lipinski definition) is 1. The van der Waals surface area contributed by atoms with E-state index in [4.69, 9.17) is 5.11 Å². The fourth-order valence-electron chi connectivity index (χ4n) is 0.628. The van der Waals surface area contributed by atoms with Crippen molar-refractivity contribution in [3.05, 3.63) is 12.0 Å². The Balaban J connectivity index is 2.78. The van der Waals surface area contributed by atoms with Gasteiger partial charge in [-0.05, 0) is 0 Å². The molecule has 0 aliphatic carbocycles. The van der Waals surface area contributed by atoms with Gasteiger partial charge in [-0.3, -0.25) is 9.79 Å². The molecule has 1 heterocycles. The number of alkyl halides is 1. The van der Waals surface area contributed by atoms with E-state index >= 15 is 0 Å². The second-order valence-corrected chi connectivity index (χ2v) is 2.71. The fraction of sp³-hybridized carbons (Fsp3) is 0.333. The predicted octanol–water partition coefficient (Wildman–Crippen LogP) is 1.23. The molecule has 54 valence electrons. The Morgan fingerprint density at radius 2 is 2.50 bits per heavy atom. The number of ketones is 1. The Hall–Kier alpha value is -0.390. The highest BCUT2D eigenvalue weighted by Gasteiger charge is 2.14. The van der Waals surface area contributed by atoms with Gasteiger partial charge >= 0.3 is 0 Å². The van der Waals surface area contributed by atoms with Crippen LogP contribution < -0.4 is 0 Å². The van der Waals surface area contributed by atoms with E-state index < -0.39 is 0 Å². The number of nitrogens with zero attached hydrogens (tertiary/aromatic N) is 1. The molecule has 1 aliphatic heterocycles. The molecule has 3 nitrogen and oxygen atoms in total. The van der Waals surface area contributed by atoms with Crippen molar-refractivity contribution in [1.29, 1.82) is 0 Å². The second-order valence-electron chi connectivity index (χ2n) is 1.94. The smallest absolute Gasteiger partial charge is 0.204 e. The van der Waals surface area contributed by atoms with Crippen molar-refractivity contribution < 1.29 is 9.90 Å². The minimum Gasteiger partial charge on any atom is -0.503 e. The van der Waals surface area contributed by atoms with Crippen LogP contribution in [0, 0.1) is 0 Å².